The van der Waals surface area contributed by atoms with Crippen molar-refractivity contribution >= 4 is 23.2 Å². The van der Waals surface area contributed by atoms with Gasteiger partial charge in [-0.25, -0.2) is 0 Å². The average Bonchev–Trinajstić information content (AvgIpc) is 3.04. The van der Waals surface area contributed by atoms with Crippen LogP contribution in [0.5, 0.6) is 11.5 Å². The third-order valence-corrected chi connectivity index (χ3v) is 3.56. The van der Waals surface area contributed by atoms with Crippen LogP contribution in [0.4, 0.5) is 11.6 Å². The summed E-state index contributed by atoms with van der Waals surface area (Å²) in [4.78, 5) is 23.4. The van der Waals surface area contributed by atoms with Crippen molar-refractivity contribution in [3.63, 3.8) is 0 Å². The Bertz CT molecular complexity index is 984. The van der Waals surface area contributed by atoms with E-state index in [9.17, 15) is 14.9 Å². The van der Waals surface area contributed by atoms with Gasteiger partial charge in [0.15, 0.2) is 17.1 Å². The number of pyridine rings is 1. The maximum absolute atomic E-state index is 12.6. The summed E-state index contributed by atoms with van der Waals surface area (Å²) in [6.07, 6.45) is 1.67. The summed E-state index contributed by atoms with van der Waals surface area (Å²) in [6, 6.07) is 7.67. The molecule has 3 aromatic rings. The minimum atomic E-state index is -0.710. The average molecular weight is 357 g/mol. The van der Waals surface area contributed by atoms with E-state index in [1.807, 2.05) is 0 Å². The van der Waals surface area contributed by atoms with Gasteiger partial charge in [-0.05, 0) is 19.1 Å². The van der Waals surface area contributed by atoms with Crippen molar-refractivity contribution in [2.45, 2.75) is 6.92 Å². The molecule has 1 aromatic carbocycles. The Kier molecular flexibility index (Phi) is 4.65. The standard InChI is InChI=1S/C16H15N5O5/c1-3-26-13-8-10(11(21(23)24)9-12(13)25-2)15(22)17-16-19-18-14-6-4-5-7-20(14)16/h4-9H,3H2,1-2H3,(H,17,19,22). The van der Waals surface area contributed by atoms with Crippen LogP contribution in [0.3, 0.4) is 0 Å². The molecule has 0 bridgehead atoms. The molecule has 2 heterocycles. The van der Waals surface area contributed by atoms with Gasteiger partial charge < -0.3 is 9.47 Å². The van der Waals surface area contributed by atoms with Crippen LogP contribution in [0.2, 0.25) is 0 Å². The zero-order valence-electron chi connectivity index (χ0n) is 14.0. The number of hydrogen-bond acceptors (Lipinski definition) is 7. The molecule has 0 spiro atoms. The van der Waals surface area contributed by atoms with Gasteiger partial charge in [-0.15, -0.1) is 10.2 Å². The van der Waals surface area contributed by atoms with E-state index in [0.29, 0.717) is 12.3 Å². The summed E-state index contributed by atoms with van der Waals surface area (Å²) in [5.74, 6) is -0.160. The van der Waals surface area contributed by atoms with E-state index in [0.717, 1.165) is 6.07 Å². The van der Waals surface area contributed by atoms with Gasteiger partial charge >= 0.3 is 0 Å². The molecule has 1 amide bonds. The Balaban J connectivity index is 2.02. The number of nitrogens with one attached hydrogen (secondary N) is 1. The quantitative estimate of drug-likeness (QED) is 0.530. The topological polar surface area (TPSA) is 121 Å². The number of anilines is 1. The second-order valence-corrected chi connectivity index (χ2v) is 5.12. The maximum atomic E-state index is 12.6. The highest BCUT2D eigenvalue weighted by molar-refractivity contribution is 6.07. The third kappa shape index (κ3) is 3.11. The zero-order chi connectivity index (χ0) is 18.7. The van der Waals surface area contributed by atoms with Gasteiger partial charge in [0.1, 0.15) is 5.56 Å². The molecule has 0 atom stereocenters. The normalized spacial score (nSPS) is 10.5. The highest BCUT2D eigenvalue weighted by Gasteiger charge is 2.25. The Morgan fingerprint density at radius 1 is 1.31 bits per heavy atom. The molecule has 134 valence electrons. The Labute approximate surface area is 147 Å². The molecule has 0 saturated carbocycles. The maximum Gasteiger partial charge on any atom is 0.286 e. The van der Waals surface area contributed by atoms with Gasteiger partial charge in [0.05, 0.1) is 24.7 Å². The number of nitrogens with zero attached hydrogens (tertiary/aromatic N) is 4. The largest absolute Gasteiger partial charge is 0.493 e. The number of carbonyl (C=O) groups excluding carboxylic acids is 1. The lowest BCUT2D eigenvalue weighted by atomic mass is 10.1. The predicted molar refractivity (Wildman–Crippen MR) is 91.8 cm³/mol. The zero-order valence-corrected chi connectivity index (χ0v) is 14.0. The summed E-state index contributed by atoms with van der Waals surface area (Å²) in [6.45, 7) is 2.06. The summed E-state index contributed by atoms with van der Waals surface area (Å²) in [5.41, 5.74) is -0.0504. The minimum absolute atomic E-state index is 0.147. The first-order valence-corrected chi connectivity index (χ1v) is 7.65. The minimum Gasteiger partial charge on any atom is -0.493 e. The van der Waals surface area contributed by atoms with Crippen molar-refractivity contribution < 1.29 is 19.2 Å². The van der Waals surface area contributed by atoms with Gasteiger partial charge in [0, 0.05) is 12.3 Å². The monoisotopic (exact) mass is 357 g/mol. The van der Waals surface area contributed by atoms with Crippen molar-refractivity contribution in [1.29, 1.82) is 0 Å². The van der Waals surface area contributed by atoms with Gasteiger partial charge in [0.25, 0.3) is 11.6 Å². The third-order valence-electron chi connectivity index (χ3n) is 3.56. The van der Waals surface area contributed by atoms with E-state index < -0.39 is 16.5 Å². The number of ether oxygens (including phenoxy) is 2. The van der Waals surface area contributed by atoms with Crippen LogP contribution in [-0.2, 0) is 0 Å². The van der Waals surface area contributed by atoms with Crippen LogP contribution in [0.25, 0.3) is 5.65 Å². The fourth-order valence-corrected chi connectivity index (χ4v) is 2.41. The number of nitro benzene ring substituents is 1. The highest BCUT2D eigenvalue weighted by atomic mass is 16.6. The van der Waals surface area contributed by atoms with E-state index in [1.165, 1.54) is 13.2 Å². The van der Waals surface area contributed by atoms with Crippen molar-refractivity contribution in [2.24, 2.45) is 0 Å². The molecule has 26 heavy (non-hydrogen) atoms. The van der Waals surface area contributed by atoms with Crippen LogP contribution in [0.1, 0.15) is 17.3 Å². The number of aromatic nitrogens is 3. The summed E-state index contributed by atoms with van der Waals surface area (Å²) in [5, 5.41) is 21.7. The molecule has 3 rings (SSSR count). The van der Waals surface area contributed by atoms with Crippen LogP contribution < -0.4 is 14.8 Å². The van der Waals surface area contributed by atoms with E-state index in [4.69, 9.17) is 9.47 Å². The molecule has 1 N–H and O–H groups in total. The van der Waals surface area contributed by atoms with Crippen LogP contribution in [0, 0.1) is 10.1 Å². The lowest BCUT2D eigenvalue weighted by Crippen LogP contribution is -2.16. The van der Waals surface area contributed by atoms with Crippen LogP contribution in [0.15, 0.2) is 36.5 Å². The van der Waals surface area contributed by atoms with Crippen molar-refractivity contribution in [1.82, 2.24) is 14.6 Å². The second kappa shape index (κ2) is 7.05. The summed E-state index contributed by atoms with van der Waals surface area (Å²) < 4.78 is 12.0. The van der Waals surface area contributed by atoms with Gasteiger partial charge in [0.2, 0.25) is 5.95 Å². The van der Waals surface area contributed by atoms with Crippen molar-refractivity contribution in [3.05, 3.63) is 52.2 Å². The lowest BCUT2D eigenvalue weighted by molar-refractivity contribution is -0.385. The molecule has 2 aromatic heterocycles. The number of carbonyl (C=O) groups is 1. The first kappa shape index (κ1) is 17.1. The molecule has 0 aliphatic heterocycles. The number of hydrogen-bond donors (Lipinski definition) is 1. The first-order chi connectivity index (χ1) is 12.5. The highest BCUT2D eigenvalue weighted by Crippen LogP contribution is 2.35. The Morgan fingerprint density at radius 3 is 2.81 bits per heavy atom. The SMILES string of the molecule is CCOc1cc(C(=O)Nc2nnc3ccccn23)c([N+](=O)[O-])cc1OC. The van der Waals surface area contributed by atoms with Crippen molar-refractivity contribution in [2.75, 3.05) is 19.0 Å². The van der Waals surface area contributed by atoms with E-state index in [2.05, 4.69) is 15.5 Å². The lowest BCUT2D eigenvalue weighted by Gasteiger charge is -2.11. The molecular weight excluding hydrogens is 342 g/mol. The first-order valence-electron chi connectivity index (χ1n) is 7.65. The van der Waals surface area contributed by atoms with Crippen LogP contribution >= 0.6 is 0 Å². The number of fused-ring (bicyclic) bond motifs is 1. The van der Waals surface area contributed by atoms with Gasteiger partial charge in [-0.1, -0.05) is 6.07 Å². The number of methoxy groups -OCH3 is 1. The Morgan fingerprint density at radius 2 is 2.12 bits per heavy atom. The van der Waals surface area contributed by atoms with E-state index >= 15 is 0 Å². The number of nitro groups is 1. The predicted octanol–water partition coefficient (Wildman–Crippen LogP) is 2.30. The molecule has 0 unspecified atom stereocenters. The van der Waals surface area contributed by atoms with E-state index in [1.54, 1.807) is 35.7 Å². The van der Waals surface area contributed by atoms with E-state index in [-0.39, 0.29) is 23.0 Å². The summed E-state index contributed by atoms with van der Waals surface area (Å²) in [7, 11) is 1.36. The fourth-order valence-electron chi connectivity index (χ4n) is 2.41. The molecule has 10 nitrogen and oxygen atoms in total. The molecule has 0 aliphatic rings. The molecule has 0 aliphatic carbocycles. The molecule has 0 saturated heterocycles. The number of amides is 1. The van der Waals surface area contributed by atoms with Crippen molar-refractivity contribution in [3.8, 4) is 11.5 Å². The summed E-state index contributed by atoms with van der Waals surface area (Å²) >= 11 is 0. The second-order valence-electron chi connectivity index (χ2n) is 5.12. The molecule has 0 radical (unpaired) electrons. The smallest absolute Gasteiger partial charge is 0.286 e. The van der Waals surface area contributed by atoms with Crippen LogP contribution in [-0.4, -0.2) is 39.1 Å². The van der Waals surface area contributed by atoms with Gasteiger partial charge in [-0.2, -0.15) is 0 Å². The Hall–Kier alpha value is -3.69. The fraction of sp³-hybridized carbons (Fsp3) is 0.188. The van der Waals surface area contributed by atoms with Gasteiger partial charge in [-0.3, -0.25) is 24.6 Å². The molecular formula is C16H15N5O5. The molecule has 0 fully saturated rings. The number of rotatable bonds is 6. The number of benzene rings is 1. The molecule has 10 heteroatoms.